The normalized spacial score (nSPS) is 21.9. The van der Waals surface area contributed by atoms with Crippen LogP contribution in [0.15, 0.2) is 54.6 Å². The molecule has 0 amide bonds. The lowest BCUT2D eigenvalue weighted by Crippen LogP contribution is -2.27. The molecule has 22 heavy (non-hydrogen) atoms. The molecule has 4 rings (SSSR count). The predicted octanol–water partition coefficient (Wildman–Crippen LogP) is 2.44. The van der Waals surface area contributed by atoms with E-state index in [9.17, 15) is 0 Å². The highest BCUT2D eigenvalue weighted by molar-refractivity contribution is 5.38. The van der Waals surface area contributed by atoms with Crippen molar-refractivity contribution >= 4 is 0 Å². The first-order valence-electron chi connectivity index (χ1n) is 7.38. The number of nitrogens with one attached hydrogen (secondary N) is 2. The monoisotopic (exact) mass is 300 g/mol. The fraction of sp³-hybridized carbons (Fsp3) is 0.294. The molecule has 0 aromatic heterocycles. The summed E-state index contributed by atoms with van der Waals surface area (Å²) in [5.74, 6) is 1.46. The molecule has 0 bridgehead atoms. The molecular formula is C17H20N2O3. The molecule has 5 nitrogen and oxygen atoms in total. The highest BCUT2D eigenvalue weighted by atomic mass is 16.7. The maximum Gasteiger partial charge on any atom is 0.124 e. The van der Waals surface area contributed by atoms with Crippen molar-refractivity contribution < 1.29 is 14.8 Å². The molecule has 116 valence electrons. The van der Waals surface area contributed by atoms with Gasteiger partial charge in [0.15, 0.2) is 0 Å². The zero-order valence-corrected chi connectivity index (χ0v) is 12.2. The minimum atomic E-state index is 0.324. The van der Waals surface area contributed by atoms with E-state index < -0.39 is 0 Å². The Kier molecular flexibility index (Phi) is 5.03. The minimum Gasteiger partial charge on any atom is -0.493 e. The van der Waals surface area contributed by atoms with E-state index in [1.165, 1.54) is 5.56 Å². The third-order valence-electron chi connectivity index (χ3n) is 3.81. The van der Waals surface area contributed by atoms with Crippen LogP contribution in [0.25, 0.3) is 0 Å². The van der Waals surface area contributed by atoms with E-state index in [0.717, 1.165) is 24.5 Å². The molecule has 2 heterocycles. The van der Waals surface area contributed by atoms with E-state index in [-0.39, 0.29) is 0 Å². The highest BCUT2D eigenvalue weighted by Gasteiger charge is 2.35. The van der Waals surface area contributed by atoms with Crippen molar-refractivity contribution in [2.75, 3.05) is 13.2 Å². The topological polar surface area (TPSA) is 62.8 Å². The summed E-state index contributed by atoms with van der Waals surface area (Å²) in [7, 11) is 0. The summed E-state index contributed by atoms with van der Waals surface area (Å²) in [5, 5.41) is 8.27. The van der Waals surface area contributed by atoms with Crippen molar-refractivity contribution in [1.29, 1.82) is 0 Å². The molecule has 2 unspecified atom stereocenters. The molecule has 2 atom stereocenters. The summed E-state index contributed by atoms with van der Waals surface area (Å²) in [6, 6.07) is 18.2. The van der Waals surface area contributed by atoms with Gasteiger partial charge in [0.1, 0.15) is 5.75 Å². The average Bonchev–Trinajstić information content (AvgIpc) is 3.06. The first kappa shape index (κ1) is 15.0. The van der Waals surface area contributed by atoms with Crippen molar-refractivity contribution in [2.45, 2.75) is 12.6 Å². The second kappa shape index (κ2) is 7.38. The van der Waals surface area contributed by atoms with E-state index in [2.05, 4.69) is 17.0 Å². The fourth-order valence-electron chi connectivity index (χ4n) is 2.65. The van der Waals surface area contributed by atoms with Gasteiger partial charge in [-0.15, -0.1) is 0 Å². The largest absolute Gasteiger partial charge is 0.493 e. The van der Waals surface area contributed by atoms with E-state index in [0.29, 0.717) is 18.5 Å². The molecule has 2 aromatic rings. The maximum absolute atomic E-state index is 8.27. The molecule has 2 aliphatic heterocycles. The van der Waals surface area contributed by atoms with Crippen LogP contribution in [0.3, 0.4) is 0 Å². The zero-order chi connectivity index (χ0) is 15.2. The first-order chi connectivity index (χ1) is 10.9. The van der Waals surface area contributed by atoms with Gasteiger partial charge in [-0.25, -0.2) is 5.48 Å². The van der Waals surface area contributed by atoms with Crippen LogP contribution in [0, 0.1) is 5.92 Å². The Morgan fingerprint density at radius 1 is 1.05 bits per heavy atom. The van der Waals surface area contributed by atoms with Crippen molar-refractivity contribution in [1.82, 2.24) is 11.0 Å². The van der Waals surface area contributed by atoms with E-state index in [1.54, 1.807) is 0 Å². The van der Waals surface area contributed by atoms with Gasteiger partial charge >= 0.3 is 0 Å². The van der Waals surface area contributed by atoms with Crippen LogP contribution in [0.1, 0.15) is 17.2 Å². The van der Waals surface area contributed by atoms with Crippen molar-refractivity contribution in [3.05, 3.63) is 65.7 Å². The molecule has 1 fully saturated rings. The number of hydroxylamine groups is 2. The summed E-state index contributed by atoms with van der Waals surface area (Å²) < 4.78 is 5.62. The van der Waals surface area contributed by atoms with Crippen LogP contribution in [-0.4, -0.2) is 18.4 Å². The van der Waals surface area contributed by atoms with Crippen LogP contribution in [0.4, 0.5) is 0 Å². The van der Waals surface area contributed by atoms with E-state index in [1.807, 2.05) is 48.5 Å². The van der Waals surface area contributed by atoms with Gasteiger partial charge in [-0.1, -0.05) is 48.5 Å². The number of rotatable bonds is 2. The van der Waals surface area contributed by atoms with Gasteiger partial charge in [-0.2, -0.15) is 5.48 Å². The zero-order valence-electron chi connectivity index (χ0n) is 12.2. The number of benzene rings is 2. The lowest BCUT2D eigenvalue weighted by molar-refractivity contribution is 0.0861. The van der Waals surface area contributed by atoms with Crippen LogP contribution < -0.4 is 15.7 Å². The Balaban J connectivity index is 0.000000142. The summed E-state index contributed by atoms with van der Waals surface area (Å²) in [6.07, 6.45) is 0. The molecule has 2 aliphatic rings. The van der Waals surface area contributed by atoms with Gasteiger partial charge < -0.3 is 14.8 Å². The summed E-state index contributed by atoms with van der Waals surface area (Å²) in [5.41, 5.74) is 7.42. The highest BCUT2D eigenvalue weighted by Crippen LogP contribution is 2.37. The predicted molar refractivity (Wildman–Crippen MR) is 82.3 cm³/mol. The number of hydrogen-bond acceptors (Lipinski definition) is 5. The lowest BCUT2D eigenvalue weighted by Gasteiger charge is -2.26. The summed E-state index contributed by atoms with van der Waals surface area (Å²) in [6.45, 7) is 2.02. The van der Waals surface area contributed by atoms with E-state index in [4.69, 9.17) is 14.8 Å². The van der Waals surface area contributed by atoms with Crippen LogP contribution >= 0.6 is 0 Å². The molecule has 1 saturated heterocycles. The second-order valence-electron chi connectivity index (χ2n) is 5.34. The van der Waals surface area contributed by atoms with Crippen molar-refractivity contribution in [3.63, 3.8) is 0 Å². The molecule has 5 heteroatoms. The third-order valence-corrected chi connectivity index (χ3v) is 3.81. The Labute approximate surface area is 129 Å². The molecule has 2 aromatic carbocycles. The minimum absolute atomic E-state index is 0.324. The standard InChI is InChI=1S/C10H11NO2.C7H9NO/c1-2-4-9-8(3-1)10-7(5-12-9)6-13-11-10;9-8-6-7-4-2-1-3-5-7/h1-4,7,10-11H,5-6H2;1-5,8-9H,6H2. The van der Waals surface area contributed by atoms with Gasteiger partial charge in [-0.05, 0) is 11.6 Å². The fourth-order valence-corrected chi connectivity index (χ4v) is 2.65. The number of hydrogen-bond donors (Lipinski definition) is 3. The second-order valence-corrected chi connectivity index (χ2v) is 5.34. The van der Waals surface area contributed by atoms with Gasteiger partial charge in [-0.3, -0.25) is 0 Å². The van der Waals surface area contributed by atoms with E-state index >= 15 is 0 Å². The molecule has 0 aliphatic carbocycles. The average molecular weight is 300 g/mol. The molecule has 3 N–H and O–H groups in total. The third kappa shape index (κ3) is 3.45. The number of para-hydroxylation sites is 1. The van der Waals surface area contributed by atoms with Crippen LogP contribution in [0.2, 0.25) is 0 Å². The Bertz CT molecular complexity index is 591. The first-order valence-corrected chi connectivity index (χ1v) is 7.38. The Morgan fingerprint density at radius 3 is 2.64 bits per heavy atom. The Hall–Kier alpha value is -1.92. The van der Waals surface area contributed by atoms with Crippen LogP contribution in [-0.2, 0) is 11.4 Å². The smallest absolute Gasteiger partial charge is 0.124 e. The van der Waals surface area contributed by atoms with Crippen molar-refractivity contribution in [3.8, 4) is 5.75 Å². The number of ether oxygens (including phenoxy) is 1. The van der Waals surface area contributed by atoms with Crippen LogP contribution in [0.5, 0.6) is 5.75 Å². The lowest BCUT2D eigenvalue weighted by atomic mass is 9.93. The van der Waals surface area contributed by atoms with Gasteiger partial charge in [0.05, 0.1) is 19.3 Å². The van der Waals surface area contributed by atoms with Gasteiger partial charge in [0.25, 0.3) is 0 Å². The number of fused-ring (bicyclic) bond motifs is 3. The molecule has 0 saturated carbocycles. The Morgan fingerprint density at radius 2 is 1.82 bits per heavy atom. The van der Waals surface area contributed by atoms with Crippen molar-refractivity contribution in [2.24, 2.45) is 5.92 Å². The SMILES string of the molecule is ONCc1ccccc1.c1ccc2c(c1)OCC1CONC21. The summed E-state index contributed by atoms with van der Waals surface area (Å²) in [4.78, 5) is 5.22. The maximum atomic E-state index is 8.27. The van der Waals surface area contributed by atoms with Gasteiger partial charge in [0.2, 0.25) is 0 Å². The molecular weight excluding hydrogens is 280 g/mol. The summed E-state index contributed by atoms with van der Waals surface area (Å²) >= 11 is 0. The quantitative estimate of drug-likeness (QED) is 0.744. The molecule has 0 spiro atoms. The molecule has 0 radical (unpaired) electrons. The van der Waals surface area contributed by atoms with Gasteiger partial charge in [0, 0.05) is 18.0 Å².